The van der Waals surface area contributed by atoms with Gasteiger partial charge in [-0.05, 0) is 18.9 Å². The summed E-state index contributed by atoms with van der Waals surface area (Å²) in [5.74, 6) is -0.553. The van der Waals surface area contributed by atoms with Crippen LogP contribution in [0, 0.1) is 0 Å². The topological polar surface area (TPSA) is 46.6 Å². The van der Waals surface area contributed by atoms with Crippen LogP contribution in [0.1, 0.15) is 25.3 Å². The molecule has 19 heavy (non-hydrogen) atoms. The van der Waals surface area contributed by atoms with Crippen molar-refractivity contribution in [2.24, 2.45) is 0 Å². The molecule has 0 spiro atoms. The van der Waals surface area contributed by atoms with Crippen molar-refractivity contribution in [3.8, 4) is 0 Å². The molecular weight excluding hydrogens is 242 g/mol. The van der Waals surface area contributed by atoms with Crippen molar-refractivity contribution >= 4 is 11.8 Å². The van der Waals surface area contributed by atoms with E-state index in [-0.39, 0.29) is 18.3 Å². The zero-order valence-electron chi connectivity index (χ0n) is 11.2. The van der Waals surface area contributed by atoms with Crippen molar-refractivity contribution in [3.05, 3.63) is 35.9 Å². The van der Waals surface area contributed by atoms with Gasteiger partial charge < -0.3 is 4.74 Å². The Morgan fingerprint density at radius 3 is 2.74 bits per heavy atom. The van der Waals surface area contributed by atoms with Gasteiger partial charge in [0.05, 0.1) is 0 Å². The molecule has 0 amide bonds. The number of carbonyl (C=O) groups excluding carboxylic acids is 2. The van der Waals surface area contributed by atoms with E-state index in [9.17, 15) is 9.59 Å². The standard InChI is InChI=1S/C15H19NO3/c1-12(17)9-15(18)19-14-7-8-16(11-14)10-13-5-3-2-4-6-13/h2-6,14H,7-11H2,1H3/t14-/m0/s1. The van der Waals surface area contributed by atoms with E-state index in [1.165, 1.54) is 12.5 Å². The SMILES string of the molecule is CC(=O)CC(=O)O[C@H]1CCN(Cc2ccccc2)C1. The highest BCUT2D eigenvalue weighted by Gasteiger charge is 2.25. The molecule has 0 bridgehead atoms. The largest absolute Gasteiger partial charge is 0.461 e. The van der Waals surface area contributed by atoms with Gasteiger partial charge in [0.2, 0.25) is 0 Å². The monoisotopic (exact) mass is 261 g/mol. The lowest BCUT2D eigenvalue weighted by Crippen LogP contribution is -2.25. The van der Waals surface area contributed by atoms with E-state index >= 15 is 0 Å². The summed E-state index contributed by atoms with van der Waals surface area (Å²) in [5.41, 5.74) is 1.26. The Bertz CT molecular complexity index is 444. The third-order valence-electron chi connectivity index (χ3n) is 3.17. The lowest BCUT2D eigenvalue weighted by molar-refractivity contribution is -0.150. The second-order valence-corrected chi connectivity index (χ2v) is 5.00. The quantitative estimate of drug-likeness (QED) is 0.599. The maximum Gasteiger partial charge on any atom is 0.313 e. The van der Waals surface area contributed by atoms with Gasteiger partial charge in [-0.3, -0.25) is 14.5 Å². The number of Topliss-reactive ketones (excluding diaryl/α,β-unsaturated/α-hetero) is 1. The molecule has 2 rings (SSSR count). The van der Waals surface area contributed by atoms with Gasteiger partial charge in [0.25, 0.3) is 0 Å². The molecule has 1 heterocycles. The van der Waals surface area contributed by atoms with Crippen LogP contribution in [0.15, 0.2) is 30.3 Å². The predicted molar refractivity (Wildman–Crippen MR) is 71.5 cm³/mol. The number of ether oxygens (including phenoxy) is 1. The molecule has 0 aliphatic carbocycles. The number of hydrogen-bond donors (Lipinski definition) is 0. The minimum absolute atomic E-state index is 0.0736. The van der Waals surface area contributed by atoms with Crippen molar-refractivity contribution in [1.82, 2.24) is 4.90 Å². The highest BCUT2D eigenvalue weighted by Crippen LogP contribution is 2.16. The van der Waals surface area contributed by atoms with E-state index < -0.39 is 5.97 Å². The molecule has 4 nitrogen and oxygen atoms in total. The van der Waals surface area contributed by atoms with E-state index in [4.69, 9.17) is 4.74 Å². The molecule has 4 heteroatoms. The van der Waals surface area contributed by atoms with Gasteiger partial charge >= 0.3 is 5.97 Å². The van der Waals surface area contributed by atoms with Crippen molar-refractivity contribution in [2.75, 3.05) is 13.1 Å². The van der Waals surface area contributed by atoms with Crippen LogP contribution in [0.25, 0.3) is 0 Å². The van der Waals surface area contributed by atoms with Crippen LogP contribution in [0.2, 0.25) is 0 Å². The first-order valence-corrected chi connectivity index (χ1v) is 6.58. The average molecular weight is 261 g/mol. The van der Waals surface area contributed by atoms with Gasteiger partial charge in [0.1, 0.15) is 18.3 Å². The van der Waals surface area contributed by atoms with Gasteiger partial charge in [0, 0.05) is 19.6 Å². The van der Waals surface area contributed by atoms with Crippen molar-refractivity contribution < 1.29 is 14.3 Å². The van der Waals surface area contributed by atoms with Gasteiger partial charge in [-0.2, -0.15) is 0 Å². The summed E-state index contributed by atoms with van der Waals surface area (Å²) in [7, 11) is 0. The van der Waals surface area contributed by atoms with Crippen LogP contribution in [0.4, 0.5) is 0 Å². The molecule has 102 valence electrons. The van der Waals surface area contributed by atoms with Gasteiger partial charge in [-0.1, -0.05) is 30.3 Å². The first-order chi connectivity index (χ1) is 9.13. The minimum Gasteiger partial charge on any atom is -0.461 e. The van der Waals surface area contributed by atoms with E-state index in [2.05, 4.69) is 17.0 Å². The summed E-state index contributed by atoms with van der Waals surface area (Å²) >= 11 is 0. The van der Waals surface area contributed by atoms with E-state index in [0.717, 1.165) is 26.1 Å². The summed E-state index contributed by atoms with van der Waals surface area (Å²) in [6.45, 7) is 3.95. The molecule has 1 atom stereocenters. The van der Waals surface area contributed by atoms with Gasteiger partial charge in [-0.15, -0.1) is 0 Å². The molecule has 0 radical (unpaired) electrons. The summed E-state index contributed by atoms with van der Waals surface area (Å²) in [5, 5.41) is 0. The fourth-order valence-corrected chi connectivity index (χ4v) is 2.31. The molecule has 1 aromatic rings. The molecule has 1 saturated heterocycles. The van der Waals surface area contributed by atoms with Crippen LogP contribution >= 0.6 is 0 Å². The number of benzene rings is 1. The Morgan fingerprint density at radius 1 is 1.32 bits per heavy atom. The van der Waals surface area contributed by atoms with Crippen LogP contribution < -0.4 is 0 Å². The minimum atomic E-state index is -0.404. The third kappa shape index (κ3) is 4.48. The molecule has 1 aliphatic rings. The van der Waals surface area contributed by atoms with Gasteiger partial charge in [-0.25, -0.2) is 0 Å². The molecule has 0 unspecified atom stereocenters. The zero-order valence-corrected chi connectivity index (χ0v) is 11.2. The van der Waals surface area contributed by atoms with Crippen LogP contribution in [0.5, 0.6) is 0 Å². The number of rotatable bonds is 5. The van der Waals surface area contributed by atoms with Crippen molar-refractivity contribution in [3.63, 3.8) is 0 Å². The maximum absolute atomic E-state index is 11.4. The summed E-state index contributed by atoms with van der Waals surface area (Å²) in [6, 6.07) is 10.2. The lowest BCUT2D eigenvalue weighted by atomic mass is 10.2. The first kappa shape index (κ1) is 13.7. The Balaban J connectivity index is 1.77. The molecular formula is C15H19NO3. The molecule has 1 aromatic carbocycles. The predicted octanol–water partition coefficient (Wildman–Crippen LogP) is 1.78. The van der Waals surface area contributed by atoms with Crippen molar-refractivity contribution in [2.45, 2.75) is 32.4 Å². The van der Waals surface area contributed by atoms with E-state index in [1.54, 1.807) is 0 Å². The van der Waals surface area contributed by atoms with Crippen LogP contribution in [0.3, 0.4) is 0 Å². The summed E-state index contributed by atoms with van der Waals surface area (Å²) in [4.78, 5) is 24.5. The molecule has 1 fully saturated rings. The Labute approximate surface area is 113 Å². The summed E-state index contributed by atoms with van der Waals surface area (Å²) < 4.78 is 5.29. The molecule has 0 N–H and O–H groups in total. The van der Waals surface area contributed by atoms with Crippen LogP contribution in [-0.2, 0) is 20.9 Å². The number of likely N-dealkylation sites (tertiary alicyclic amines) is 1. The molecule has 0 aromatic heterocycles. The highest BCUT2D eigenvalue weighted by atomic mass is 16.5. The third-order valence-corrected chi connectivity index (χ3v) is 3.17. The maximum atomic E-state index is 11.4. The Morgan fingerprint density at radius 2 is 2.05 bits per heavy atom. The highest BCUT2D eigenvalue weighted by molar-refractivity contribution is 5.94. The van der Waals surface area contributed by atoms with Crippen molar-refractivity contribution in [1.29, 1.82) is 0 Å². The normalized spacial score (nSPS) is 19.3. The summed E-state index contributed by atoms with van der Waals surface area (Å²) in [6.07, 6.45) is 0.654. The first-order valence-electron chi connectivity index (χ1n) is 6.58. The number of ketones is 1. The fraction of sp³-hybridized carbons (Fsp3) is 0.467. The number of esters is 1. The average Bonchev–Trinajstić information content (AvgIpc) is 2.76. The lowest BCUT2D eigenvalue weighted by Gasteiger charge is -2.16. The zero-order chi connectivity index (χ0) is 13.7. The Kier molecular flexibility index (Phi) is 4.68. The fourth-order valence-electron chi connectivity index (χ4n) is 2.31. The molecule has 0 saturated carbocycles. The number of carbonyl (C=O) groups is 2. The smallest absolute Gasteiger partial charge is 0.313 e. The van der Waals surface area contributed by atoms with E-state index in [1.807, 2.05) is 18.2 Å². The number of hydrogen-bond acceptors (Lipinski definition) is 4. The molecule has 1 aliphatic heterocycles. The number of nitrogens with zero attached hydrogens (tertiary/aromatic N) is 1. The van der Waals surface area contributed by atoms with Crippen LogP contribution in [-0.4, -0.2) is 35.8 Å². The second kappa shape index (κ2) is 6.48. The second-order valence-electron chi connectivity index (χ2n) is 5.00. The van der Waals surface area contributed by atoms with Gasteiger partial charge in [0.15, 0.2) is 0 Å². The Hall–Kier alpha value is -1.68. The van der Waals surface area contributed by atoms with E-state index in [0.29, 0.717) is 0 Å².